The second-order valence-electron chi connectivity index (χ2n) is 1.48. The summed E-state index contributed by atoms with van der Waals surface area (Å²) in [6.07, 6.45) is 3.44. The molecule has 0 radical (unpaired) electrons. The summed E-state index contributed by atoms with van der Waals surface area (Å²) in [5, 5.41) is 8.13. The second-order valence-corrected chi connectivity index (χ2v) is 2.26. The largest absolute Gasteiger partial charge is 0.277 e. The van der Waals surface area contributed by atoms with E-state index in [1.165, 1.54) is 0 Å². The van der Waals surface area contributed by atoms with E-state index < -0.39 is 0 Å². The summed E-state index contributed by atoms with van der Waals surface area (Å²) < 4.78 is 0. The van der Waals surface area contributed by atoms with Crippen LogP contribution >= 0.6 is 25.3 Å². The molecule has 2 nitrogen and oxygen atoms in total. The van der Waals surface area contributed by atoms with Gasteiger partial charge in [0.2, 0.25) is 0 Å². The first-order valence-corrected chi connectivity index (χ1v) is 3.34. The highest BCUT2D eigenvalue weighted by atomic mass is 32.1. The summed E-state index contributed by atoms with van der Waals surface area (Å²) >= 11 is 8.00. The van der Waals surface area contributed by atoms with Gasteiger partial charge in [-0.25, -0.2) is 0 Å². The third-order valence-electron chi connectivity index (χ3n) is 0.889. The van der Waals surface area contributed by atoms with Crippen LogP contribution in [0.2, 0.25) is 0 Å². The monoisotopic (exact) mass is 158 g/mol. The van der Waals surface area contributed by atoms with Crippen molar-refractivity contribution in [2.45, 2.75) is 4.90 Å². The Morgan fingerprint density at radius 2 is 2.44 bits per heavy atom. The lowest BCUT2D eigenvalue weighted by atomic mass is 10.4. The minimum atomic E-state index is 0.834. The van der Waals surface area contributed by atoms with E-state index in [1.807, 2.05) is 0 Å². The van der Waals surface area contributed by atoms with Crippen LogP contribution in [0.15, 0.2) is 16.5 Å². The minimum Gasteiger partial charge on any atom is -0.277 e. The highest BCUT2D eigenvalue weighted by Crippen LogP contribution is 2.10. The zero-order valence-corrected chi connectivity index (χ0v) is 6.36. The molecule has 0 unspecified atom stereocenters. The molecule has 9 heavy (non-hydrogen) atoms. The Hall–Kier alpha value is -0.350. The van der Waals surface area contributed by atoms with Gasteiger partial charge in [0, 0.05) is 4.90 Å². The molecule has 0 saturated carbocycles. The lowest BCUT2D eigenvalue weighted by Gasteiger charge is -1.82. The van der Waals surface area contributed by atoms with Crippen molar-refractivity contribution in [3.63, 3.8) is 0 Å². The quantitative estimate of drug-likeness (QED) is 0.532. The number of nitrogens with zero attached hydrogens (tertiary/aromatic N) is 1. The Labute approximate surface area is 64.2 Å². The van der Waals surface area contributed by atoms with Gasteiger partial charge in [0.1, 0.15) is 0 Å². The van der Waals surface area contributed by atoms with Gasteiger partial charge in [0.05, 0.1) is 11.9 Å². The molecule has 0 atom stereocenters. The summed E-state index contributed by atoms with van der Waals surface area (Å²) in [4.78, 5) is 0.834. The van der Waals surface area contributed by atoms with Crippen molar-refractivity contribution in [3.05, 3.63) is 17.3 Å². The van der Waals surface area contributed by atoms with Crippen LogP contribution in [0.4, 0.5) is 0 Å². The van der Waals surface area contributed by atoms with Gasteiger partial charge < -0.3 is 0 Å². The smallest absolute Gasteiger partial charge is 0.0716 e. The summed E-state index contributed by atoms with van der Waals surface area (Å²) in [5.41, 5.74) is 0.883. The fraction of sp³-hybridized carbons (Fsp3) is 0. The van der Waals surface area contributed by atoms with Gasteiger partial charge in [-0.15, -0.1) is 12.6 Å². The van der Waals surface area contributed by atoms with E-state index >= 15 is 0 Å². The zero-order chi connectivity index (χ0) is 6.69. The maximum absolute atomic E-state index is 4.10. The highest BCUT2D eigenvalue weighted by Gasteiger charge is 1.92. The molecule has 0 aliphatic heterocycles. The Bertz CT molecular complexity index is 216. The van der Waals surface area contributed by atoms with E-state index in [9.17, 15) is 0 Å². The van der Waals surface area contributed by atoms with E-state index in [0.717, 1.165) is 10.6 Å². The molecule has 0 bridgehead atoms. The number of H-pyrrole nitrogens is 1. The van der Waals surface area contributed by atoms with Crippen LogP contribution in [0.5, 0.6) is 0 Å². The van der Waals surface area contributed by atoms with Crippen molar-refractivity contribution in [2.75, 3.05) is 0 Å². The molecule has 1 N–H and O–H groups in total. The number of rotatable bonds is 1. The van der Waals surface area contributed by atoms with E-state index in [-0.39, 0.29) is 0 Å². The van der Waals surface area contributed by atoms with Gasteiger partial charge in [-0.1, -0.05) is 0 Å². The summed E-state index contributed by atoms with van der Waals surface area (Å²) in [5.74, 6) is 0. The van der Waals surface area contributed by atoms with E-state index in [2.05, 4.69) is 35.5 Å². The summed E-state index contributed by atoms with van der Waals surface area (Å²) in [6.45, 7) is 0. The zero-order valence-electron chi connectivity index (χ0n) is 4.57. The van der Waals surface area contributed by atoms with Crippen LogP contribution in [0, 0.1) is 0 Å². The van der Waals surface area contributed by atoms with E-state index in [4.69, 9.17) is 0 Å². The summed E-state index contributed by atoms with van der Waals surface area (Å²) in [7, 11) is 0. The Balaban J connectivity index is 2.94. The topological polar surface area (TPSA) is 28.7 Å². The molecular weight excluding hydrogens is 152 g/mol. The summed E-state index contributed by atoms with van der Waals surface area (Å²) in [6, 6.07) is 0. The molecule has 0 spiro atoms. The molecule has 48 valence electrons. The van der Waals surface area contributed by atoms with Gasteiger partial charge in [-0.05, 0) is 11.5 Å². The number of thiol groups is 2. The van der Waals surface area contributed by atoms with Gasteiger partial charge in [-0.2, -0.15) is 17.7 Å². The lowest BCUT2D eigenvalue weighted by molar-refractivity contribution is 1.08. The molecule has 4 heteroatoms. The Morgan fingerprint density at radius 3 is 2.89 bits per heavy atom. The molecule has 0 aliphatic carbocycles. The van der Waals surface area contributed by atoms with Crippen molar-refractivity contribution in [2.24, 2.45) is 0 Å². The standard InChI is InChI=1S/C5H6N2S2/c8-2-1-4-5(9)3-6-7-4/h1-3,8-9H,(H,6,7)/b2-1-. The normalized spacial score (nSPS) is 10.9. The fourth-order valence-electron chi connectivity index (χ4n) is 0.487. The lowest BCUT2D eigenvalue weighted by Crippen LogP contribution is -1.69. The second kappa shape index (κ2) is 2.98. The van der Waals surface area contributed by atoms with E-state index in [0.29, 0.717) is 0 Å². The molecule has 1 rings (SSSR count). The number of nitrogens with one attached hydrogen (secondary N) is 1. The fourth-order valence-corrected chi connectivity index (χ4v) is 0.818. The number of hydrogen-bond donors (Lipinski definition) is 3. The third kappa shape index (κ3) is 1.53. The van der Waals surface area contributed by atoms with Crippen LogP contribution in [0.1, 0.15) is 5.69 Å². The Kier molecular flexibility index (Phi) is 2.24. The van der Waals surface area contributed by atoms with Gasteiger partial charge >= 0.3 is 0 Å². The molecule has 0 fully saturated rings. The number of aromatic amines is 1. The molecule has 1 aromatic heterocycles. The third-order valence-corrected chi connectivity index (χ3v) is 1.39. The van der Waals surface area contributed by atoms with Crippen LogP contribution in [-0.2, 0) is 0 Å². The molecule has 1 aromatic rings. The maximum Gasteiger partial charge on any atom is 0.0716 e. The van der Waals surface area contributed by atoms with E-state index in [1.54, 1.807) is 17.7 Å². The maximum atomic E-state index is 4.10. The first-order chi connectivity index (χ1) is 4.34. The SMILES string of the molecule is S/C=C\c1[nH]ncc1S. The van der Waals surface area contributed by atoms with Crippen LogP contribution in [0.25, 0.3) is 6.08 Å². The minimum absolute atomic E-state index is 0.834. The number of hydrogen-bond acceptors (Lipinski definition) is 3. The number of aromatic nitrogens is 2. The van der Waals surface area contributed by atoms with Crippen molar-refractivity contribution >= 4 is 31.3 Å². The van der Waals surface area contributed by atoms with Crippen molar-refractivity contribution in [1.29, 1.82) is 0 Å². The molecule has 1 heterocycles. The van der Waals surface area contributed by atoms with Crippen molar-refractivity contribution in [1.82, 2.24) is 10.2 Å². The Morgan fingerprint density at radius 1 is 1.67 bits per heavy atom. The van der Waals surface area contributed by atoms with Crippen molar-refractivity contribution in [3.8, 4) is 0 Å². The van der Waals surface area contributed by atoms with Crippen LogP contribution < -0.4 is 0 Å². The molecule has 0 aromatic carbocycles. The average Bonchev–Trinajstić information content (AvgIpc) is 2.18. The molecule has 0 saturated heterocycles. The van der Waals surface area contributed by atoms with Crippen LogP contribution in [0.3, 0.4) is 0 Å². The van der Waals surface area contributed by atoms with Crippen molar-refractivity contribution < 1.29 is 0 Å². The average molecular weight is 158 g/mol. The molecule has 0 aliphatic rings. The van der Waals surface area contributed by atoms with Gasteiger partial charge in [-0.3, -0.25) is 5.10 Å². The van der Waals surface area contributed by atoms with Gasteiger partial charge in [0.25, 0.3) is 0 Å². The first kappa shape index (κ1) is 6.77. The predicted octanol–water partition coefficient (Wildman–Crippen LogP) is 1.60. The van der Waals surface area contributed by atoms with Crippen LogP contribution in [-0.4, -0.2) is 10.2 Å². The first-order valence-electron chi connectivity index (χ1n) is 2.37. The molecular formula is C5H6N2S2. The highest BCUT2D eigenvalue weighted by molar-refractivity contribution is 7.83. The molecule has 0 amide bonds. The predicted molar refractivity (Wildman–Crippen MR) is 43.9 cm³/mol. The van der Waals surface area contributed by atoms with Gasteiger partial charge in [0.15, 0.2) is 0 Å².